The highest BCUT2D eigenvalue weighted by Gasteiger charge is 2.72. The van der Waals surface area contributed by atoms with Crippen LogP contribution in [0.2, 0.25) is 0 Å². The highest BCUT2D eigenvalue weighted by Crippen LogP contribution is 2.73. The van der Waals surface area contributed by atoms with Crippen LogP contribution in [0.3, 0.4) is 0 Å². The molecule has 3 aliphatic carbocycles. The third kappa shape index (κ3) is 1.66. The minimum absolute atomic E-state index is 0.135. The highest BCUT2D eigenvalue weighted by atomic mass is 79.9. The Kier molecular flexibility index (Phi) is 2.49. The SMILES string of the molecule is Cc1ccc(OCC23CC(C(=O)O)(C2)C3)cc1Br. The Morgan fingerprint density at radius 2 is 2.11 bits per heavy atom. The molecule has 3 saturated carbocycles. The van der Waals surface area contributed by atoms with E-state index in [4.69, 9.17) is 9.84 Å². The smallest absolute Gasteiger partial charge is 0.309 e. The van der Waals surface area contributed by atoms with Gasteiger partial charge >= 0.3 is 5.97 Å². The van der Waals surface area contributed by atoms with Crippen LogP contribution in [-0.2, 0) is 4.79 Å². The monoisotopic (exact) mass is 310 g/mol. The van der Waals surface area contributed by atoms with Crippen LogP contribution in [-0.4, -0.2) is 17.7 Å². The lowest BCUT2D eigenvalue weighted by atomic mass is 9.35. The molecular formula is C14H15BrO3. The number of rotatable bonds is 4. The molecule has 2 bridgehead atoms. The summed E-state index contributed by atoms with van der Waals surface area (Å²) in [5, 5.41) is 9.05. The van der Waals surface area contributed by atoms with Gasteiger partial charge in [-0.1, -0.05) is 22.0 Å². The van der Waals surface area contributed by atoms with Gasteiger partial charge in [0.15, 0.2) is 0 Å². The van der Waals surface area contributed by atoms with Crippen molar-refractivity contribution in [2.24, 2.45) is 10.8 Å². The van der Waals surface area contributed by atoms with Crippen molar-refractivity contribution in [1.29, 1.82) is 0 Å². The van der Waals surface area contributed by atoms with E-state index in [1.807, 2.05) is 25.1 Å². The van der Waals surface area contributed by atoms with Crippen molar-refractivity contribution in [3.63, 3.8) is 0 Å². The number of hydrogen-bond donors (Lipinski definition) is 1. The molecule has 0 unspecified atom stereocenters. The first-order chi connectivity index (χ1) is 8.45. The number of carboxylic acids is 1. The van der Waals surface area contributed by atoms with Crippen LogP contribution in [0, 0.1) is 17.8 Å². The van der Waals surface area contributed by atoms with Gasteiger partial charge in [0.1, 0.15) is 5.75 Å². The summed E-state index contributed by atoms with van der Waals surface area (Å²) < 4.78 is 6.83. The van der Waals surface area contributed by atoms with Crippen LogP contribution in [0.1, 0.15) is 24.8 Å². The molecule has 0 aliphatic heterocycles. The molecule has 0 radical (unpaired) electrons. The van der Waals surface area contributed by atoms with E-state index in [0.29, 0.717) is 6.61 Å². The molecule has 4 rings (SSSR count). The molecule has 4 heteroatoms. The van der Waals surface area contributed by atoms with Gasteiger partial charge in [0.25, 0.3) is 0 Å². The second-order valence-corrected chi connectivity index (χ2v) is 6.67. The average molecular weight is 311 g/mol. The zero-order valence-corrected chi connectivity index (χ0v) is 11.8. The number of carbonyl (C=O) groups is 1. The molecule has 0 spiro atoms. The third-order valence-electron chi connectivity index (χ3n) is 4.28. The Balaban J connectivity index is 1.58. The minimum Gasteiger partial charge on any atom is -0.493 e. The van der Waals surface area contributed by atoms with Crippen molar-refractivity contribution in [3.05, 3.63) is 28.2 Å². The summed E-state index contributed by atoms with van der Waals surface area (Å²) in [7, 11) is 0. The number of carboxylic acid groups (broad SMARTS) is 1. The number of aliphatic carboxylic acids is 1. The molecule has 1 aromatic rings. The molecule has 0 amide bonds. The second kappa shape index (κ2) is 3.73. The predicted octanol–water partition coefficient (Wildman–Crippen LogP) is 3.39. The fraction of sp³-hybridized carbons (Fsp3) is 0.500. The summed E-state index contributed by atoms with van der Waals surface area (Å²) in [4.78, 5) is 11.0. The molecule has 1 aromatic carbocycles. The fourth-order valence-electron chi connectivity index (χ4n) is 3.28. The molecule has 18 heavy (non-hydrogen) atoms. The average Bonchev–Trinajstić information content (AvgIpc) is 2.18. The van der Waals surface area contributed by atoms with E-state index < -0.39 is 11.4 Å². The normalized spacial score (nSPS) is 32.3. The summed E-state index contributed by atoms with van der Waals surface area (Å²) in [6, 6.07) is 5.94. The van der Waals surface area contributed by atoms with Crippen molar-refractivity contribution in [1.82, 2.24) is 0 Å². The van der Waals surface area contributed by atoms with Crippen LogP contribution < -0.4 is 4.74 Å². The van der Waals surface area contributed by atoms with E-state index in [2.05, 4.69) is 15.9 Å². The first-order valence-electron chi connectivity index (χ1n) is 6.07. The Morgan fingerprint density at radius 1 is 1.44 bits per heavy atom. The zero-order valence-electron chi connectivity index (χ0n) is 10.2. The maximum Gasteiger partial charge on any atom is 0.309 e. The topological polar surface area (TPSA) is 46.5 Å². The van der Waals surface area contributed by atoms with Gasteiger partial charge in [-0.2, -0.15) is 0 Å². The maximum absolute atomic E-state index is 11.0. The lowest BCUT2D eigenvalue weighted by Gasteiger charge is -2.67. The summed E-state index contributed by atoms with van der Waals surface area (Å²) in [6.07, 6.45) is 2.34. The van der Waals surface area contributed by atoms with Crippen molar-refractivity contribution < 1.29 is 14.6 Å². The number of benzene rings is 1. The third-order valence-corrected chi connectivity index (χ3v) is 5.14. The molecule has 3 nitrogen and oxygen atoms in total. The van der Waals surface area contributed by atoms with E-state index in [-0.39, 0.29) is 5.41 Å². The quantitative estimate of drug-likeness (QED) is 0.927. The minimum atomic E-state index is -0.637. The van der Waals surface area contributed by atoms with Gasteiger partial charge in [-0.05, 0) is 43.9 Å². The zero-order chi connectivity index (χ0) is 13.0. The van der Waals surface area contributed by atoms with E-state index in [9.17, 15) is 4.79 Å². The lowest BCUT2D eigenvalue weighted by Crippen LogP contribution is -2.67. The van der Waals surface area contributed by atoms with Crippen LogP contribution in [0.4, 0.5) is 0 Å². The van der Waals surface area contributed by atoms with Gasteiger partial charge in [-0.25, -0.2) is 0 Å². The van der Waals surface area contributed by atoms with E-state index in [0.717, 1.165) is 29.5 Å². The van der Waals surface area contributed by atoms with Gasteiger partial charge in [0, 0.05) is 9.89 Å². The van der Waals surface area contributed by atoms with Gasteiger partial charge in [-0.3, -0.25) is 4.79 Å². The molecule has 3 fully saturated rings. The Labute approximate surface area is 114 Å². The summed E-state index contributed by atoms with van der Waals surface area (Å²) >= 11 is 3.48. The first kappa shape index (κ1) is 12.0. The summed E-state index contributed by atoms with van der Waals surface area (Å²) in [5.41, 5.74) is 0.908. The molecule has 3 aliphatic rings. The van der Waals surface area contributed by atoms with Gasteiger partial charge < -0.3 is 9.84 Å². The highest BCUT2D eigenvalue weighted by molar-refractivity contribution is 9.10. The van der Waals surface area contributed by atoms with Crippen LogP contribution in [0.25, 0.3) is 0 Å². The van der Waals surface area contributed by atoms with Gasteiger partial charge in [0.2, 0.25) is 0 Å². The van der Waals surface area contributed by atoms with Crippen molar-refractivity contribution >= 4 is 21.9 Å². The van der Waals surface area contributed by atoms with Gasteiger partial charge in [0.05, 0.1) is 12.0 Å². The van der Waals surface area contributed by atoms with Gasteiger partial charge in [-0.15, -0.1) is 0 Å². The molecule has 1 N–H and O–H groups in total. The molecule has 0 aromatic heterocycles. The predicted molar refractivity (Wildman–Crippen MR) is 70.7 cm³/mol. The Bertz CT molecular complexity index is 504. The number of halogens is 1. The Morgan fingerprint density at radius 3 is 2.67 bits per heavy atom. The molecular weight excluding hydrogens is 296 g/mol. The number of aryl methyl sites for hydroxylation is 1. The van der Waals surface area contributed by atoms with E-state index in [1.54, 1.807) is 0 Å². The van der Waals surface area contributed by atoms with Crippen LogP contribution in [0.15, 0.2) is 22.7 Å². The lowest BCUT2D eigenvalue weighted by molar-refractivity contribution is -0.231. The first-order valence-corrected chi connectivity index (χ1v) is 6.87. The maximum atomic E-state index is 11.0. The second-order valence-electron chi connectivity index (χ2n) is 5.82. The standard InChI is InChI=1S/C14H15BrO3/c1-9-2-3-10(4-11(9)15)18-8-13-5-14(6-13,7-13)12(16)17/h2-4H,5-8H2,1H3,(H,16,17). The number of ether oxygens (including phenoxy) is 1. The van der Waals surface area contributed by atoms with Crippen molar-refractivity contribution in [2.75, 3.05) is 6.61 Å². The van der Waals surface area contributed by atoms with E-state index >= 15 is 0 Å². The molecule has 0 heterocycles. The molecule has 0 saturated heterocycles. The van der Waals surface area contributed by atoms with Crippen LogP contribution >= 0.6 is 15.9 Å². The van der Waals surface area contributed by atoms with Crippen molar-refractivity contribution in [2.45, 2.75) is 26.2 Å². The Hall–Kier alpha value is -1.03. The molecule has 0 atom stereocenters. The fourth-order valence-corrected chi connectivity index (χ4v) is 3.64. The molecule has 96 valence electrons. The summed E-state index contributed by atoms with van der Waals surface area (Å²) in [5.74, 6) is 0.212. The number of hydrogen-bond acceptors (Lipinski definition) is 2. The summed E-state index contributed by atoms with van der Waals surface area (Å²) in [6.45, 7) is 2.67. The largest absolute Gasteiger partial charge is 0.493 e. The van der Waals surface area contributed by atoms with E-state index in [1.165, 1.54) is 5.56 Å². The van der Waals surface area contributed by atoms with Crippen molar-refractivity contribution in [3.8, 4) is 5.75 Å². The van der Waals surface area contributed by atoms with Crippen LogP contribution in [0.5, 0.6) is 5.75 Å².